The highest BCUT2D eigenvalue weighted by atomic mass is 16.6. The summed E-state index contributed by atoms with van der Waals surface area (Å²) in [6, 6.07) is 5.34. The molecule has 42 heavy (non-hydrogen) atoms. The Morgan fingerprint density at radius 1 is 1.02 bits per heavy atom. The van der Waals surface area contributed by atoms with Gasteiger partial charge in [0.2, 0.25) is 5.91 Å². The number of nitrogens with zero attached hydrogens (tertiary/aromatic N) is 1. The van der Waals surface area contributed by atoms with Crippen LogP contribution in [0.2, 0.25) is 0 Å². The van der Waals surface area contributed by atoms with Crippen molar-refractivity contribution in [2.75, 3.05) is 27.2 Å². The molecule has 1 saturated carbocycles. The number of hydrogen-bond donors (Lipinski definition) is 4. The number of benzene rings is 1. The second kappa shape index (κ2) is 15.6. The normalized spacial score (nSPS) is 18.2. The van der Waals surface area contributed by atoms with E-state index in [1.807, 2.05) is 27.8 Å². The number of nitrogens with one attached hydrogen (secondary N) is 2. The predicted molar refractivity (Wildman–Crippen MR) is 161 cm³/mol. The van der Waals surface area contributed by atoms with Crippen LogP contribution >= 0.6 is 0 Å². The molecule has 1 aromatic carbocycles. The minimum atomic E-state index is -1.80. The molecule has 2 rings (SSSR count). The lowest BCUT2D eigenvalue weighted by Gasteiger charge is -2.34. The molecular formula is C30H50BN3O8. The van der Waals surface area contributed by atoms with E-state index in [1.165, 1.54) is 7.11 Å². The van der Waals surface area contributed by atoms with Crippen molar-refractivity contribution in [3.63, 3.8) is 0 Å². The van der Waals surface area contributed by atoms with E-state index in [9.17, 15) is 24.4 Å². The Hall–Kier alpha value is -2.83. The van der Waals surface area contributed by atoms with Crippen LogP contribution in [0.1, 0.15) is 89.6 Å². The smallest absolute Gasteiger partial charge is 0.475 e. The summed E-state index contributed by atoms with van der Waals surface area (Å²) >= 11 is 0. The van der Waals surface area contributed by atoms with Gasteiger partial charge in [0.1, 0.15) is 22.5 Å². The van der Waals surface area contributed by atoms with Gasteiger partial charge in [-0.1, -0.05) is 12.1 Å². The van der Waals surface area contributed by atoms with E-state index in [-0.39, 0.29) is 36.0 Å². The van der Waals surface area contributed by atoms with Crippen molar-refractivity contribution < 1.29 is 38.6 Å². The van der Waals surface area contributed by atoms with E-state index in [4.69, 9.17) is 14.2 Å². The lowest BCUT2D eigenvalue weighted by molar-refractivity contribution is -0.122. The zero-order chi connectivity index (χ0) is 31.7. The predicted octanol–water partition coefficient (Wildman–Crippen LogP) is 3.10. The molecular weight excluding hydrogens is 541 g/mol. The summed E-state index contributed by atoms with van der Waals surface area (Å²) in [5.74, 6) is -1.33. The van der Waals surface area contributed by atoms with Crippen LogP contribution in [0, 0.1) is 5.92 Å². The first-order valence-corrected chi connectivity index (χ1v) is 14.7. The lowest BCUT2D eigenvalue weighted by atomic mass is 9.75. The first-order valence-electron chi connectivity index (χ1n) is 14.7. The van der Waals surface area contributed by atoms with Crippen LogP contribution < -0.4 is 15.4 Å². The Morgan fingerprint density at radius 2 is 1.64 bits per heavy atom. The summed E-state index contributed by atoms with van der Waals surface area (Å²) in [5.41, 5.74) is -0.451. The van der Waals surface area contributed by atoms with Crippen molar-refractivity contribution in [2.24, 2.45) is 5.92 Å². The Morgan fingerprint density at radius 3 is 2.19 bits per heavy atom. The van der Waals surface area contributed by atoms with Crippen LogP contribution in [-0.4, -0.2) is 90.5 Å². The van der Waals surface area contributed by atoms with Gasteiger partial charge in [0.15, 0.2) is 0 Å². The molecule has 4 N–H and O–H groups in total. The minimum Gasteiger partial charge on any atom is -0.496 e. The Labute approximate surface area is 250 Å². The van der Waals surface area contributed by atoms with Gasteiger partial charge in [-0.25, -0.2) is 9.59 Å². The van der Waals surface area contributed by atoms with Crippen LogP contribution in [0.3, 0.4) is 0 Å². The van der Waals surface area contributed by atoms with Gasteiger partial charge >= 0.3 is 19.2 Å². The lowest BCUT2D eigenvalue weighted by Crippen LogP contribution is -2.48. The fourth-order valence-corrected chi connectivity index (χ4v) is 5.10. The molecule has 2 amide bonds. The van der Waals surface area contributed by atoms with Crippen molar-refractivity contribution in [1.29, 1.82) is 0 Å². The number of methoxy groups -OCH3 is 1. The van der Waals surface area contributed by atoms with Crippen LogP contribution in [-0.2, 0) is 20.7 Å². The number of carbonyl (C=O) groups excluding carboxylic acids is 3. The summed E-state index contributed by atoms with van der Waals surface area (Å²) in [7, 11) is 1.66. The van der Waals surface area contributed by atoms with Gasteiger partial charge in [0.25, 0.3) is 0 Å². The number of alkyl carbamates (subject to hydrolysis) is 1. The molecule has 0 aliphatic heterocycles. The molecule has 0 heterocycles. The summed E-state index contributed by atoms with van der Waals surface area (Å²) in [6.07, 6.45) is 3.53. The van der Waals surface area contributed by atoms with Crippen LogP contribution in [0.4, 0.5) is 4.79 Å². The largest absolute Gasteiger partial charge is 0.496 e. The van der Waals surface area contributed by atoms with E-state index in [1.54, 1.807) is 39.0 Å². The van der Waals surface area contributed by atoms with E-state index in [0.717, 1.165) is 25.7 Å². The number of para-hydroxylation sites is 1. The summed E-state index contributed by atoms with van der Waals surface area (Å²) in [6.45, 7) is 12.0. The molecule has 0 aromatic heterocycles. The zero-order valence-electron chi connectivity index (χ0n) is 26.5. The Bertz CT molecular complexity index is 1050. The van der Waals surface area contributed by atoms with E-state index >= 15 is 0 Å². The van der Waals surface area contributed by atoms with Crippen LogP contribution in [0.5, 0.6) is 5.75 Å². The van der Waals surface area contributed by atoms with Crippen molar-refractivity contribution >= 4 is 25.1 Å². The topological polar surface area (TPSA) is 147 Å². The first-order chi connectivity index (χ1) is 19.5. The third-order valence-electron chi connectivity index (χ3n) is 7.11. The quantitative estimate of drug-likeness (QED) is 0.213. The van der Waals surface area contributed by atoms with Gasteiger partial charge in [0, 0.05) is 25.6 Å². The average molecular weight is 592 g/mol. The van der Waals surface area contributed by atoms with Gasteiger partial charge in [-0.3, -0.25) is 4.79 Å². The highest BCUT2D eigenvalue weighted by Crippen LogP contribution is 2.30. The number of rotatable bonds is 12. The number of ether oxygens (including phenoxy) is 3. The van der Waals surface area contributed by atoms with Crippen LogP contribution in [0.15, 0.2) is 18.2 Å². The third-order valence-corrected chi connectivity index (χ3v) is 7.11. The molecule has 1 fully saturated rings. The minimum absolute atomic E-state index is 0.0537. The SMILES string of the molecule is COc1c(CC(NC(=O)CC2CCC(N(C)CCNC(=O)OC(C)(C)C)CC2)B(O)O)cccc1C(=O)OC(C)(C)C. The average Bonchev–Trinajstić information content (AvgIpc) is 2.86. The highest BCUT2D eigenvalue weighted by Gasteiger charge is 2.31. The number of amides is 2. The van der Waals surface area contributed by atoms with Crippen LogP contribution in [0.25, 0.3) is 0 Å². The summed E-state index contributed by atoms with van der Waals surface area (Å²) in [4.78, 5) is 39.7. The fraction of sp³-hybridized carbons (Fsp3) is 0.700. The van der Waals surface area contributed by atoms with Gasteiger partial charge in [-0.15, -0.1) is 0 Å². The number of esters is 1. The number of carbonyl (C=O) groups is 3. The standard InChI is InChI=1S/C30H50BN3O8/c1-29(2,3)41-27(36)23-11-9-10-21(26(23)40-8)19-24(31(38)39)33-25(35)18-20-12-14-22(15-13-20)34(7)17-16-32-28(37)42-30(4,5)6/h9-11,20,22,24,38-39H,12-19H2,1-8H3,(H,32,37)(H,33,35). The first kappa shape index (κ1) is 35.4. The van der Waals surface area contributed by atoms with Gasteiger partial charge in [-0.2, -0.15) is 0 Å². The molecule has 11 nitrogen and oxygen atoms in total. The van der Waals surface area contributed by atoms with E-state index in [0.29, 0.717) is 24.7 Å². The van der Waals surface area contributed by atoms with Gasteiger partial charge in [0.05, 0.1) is 13.1 Å². The van der Waals surface area contributed by atoms with Crippen molar-refractivity contribution in [3.05, 3.63) is 29.3 Å². The Kier molecular flexibility index (Phi) is 13.1. The highest BCUT2D eigenvalue weighted by molar-refractivity contribution is 6.43. The van der Waals surface area contributed by atoms with Gasteiger partial charge in [-0.05, 0) is 98.2 Å². The molecule has 236 valence electrons. The zero-order valence-corrected chi connectivity index (χ0v) is 26.5. The monoisotopic (exact) mass is 591 g/mol. The molecule has 0 radical (unpaired) electrons. The molecule has 0 saturated heterocycles. The molecule has 1 aliphatic rings. The maximum absolute atomic E-state index is 12.9. The molecule has 12 heteroatoms. The maximum Gasteiger partial charge on any atom is 0.475 e. The number of likely N-dealkylation sites (N-methyl/N-ethyl adjacent to an activating group) is 1. The molecule has 0 bridgehead atoms. The Balaban J connectivity index is 1.88. The molecule has 1 aromatic rings. The second-order valence-electron chi connectivity index (χ2n) is 13.1. The molecule has 1 aliphatic carbocycles. The van der Waals surface area contributed by atoms with E-state index < -0.39 is 36.3 Å². The summed E-state index contributed by atoms with van der Waals surface area (Å²) < 4.78 is 16.2. The second-order valence-corrected chi connectivity index (χ2v) is 13.1. The third kappa shape index (κ3) is 12.2. The maximum atomic E-state index is 12.9. The summed E-state index contributed by atoms with van der Waals surface area (Å²) in [5, 5.41) is 25.6. The van der Waals surface area contributed by atoms with Gasteiger partial charge < -0.3 is 39.8 Å². The van der Waals surface area contributed by atoms with Crippen molar-refractivity contribution in [3.8, 4) is 5.75 Å². The number of hydrogen-bond acceptors (Lipinski definition) is 9. The van der Waals surface area contributed by atoms with Crippen molar-refractivity contribution in [2.45, 2.75) is 103 Å². The molecule has 1 unspecified atom stereocenters. The van der Waals surface area contributed by atoms with E-state index in [2.05, 4.69) is 15.5 Å². The van der Waals surface area contributed by atoms with Crippen molar-refractivity contribution in [1.82, 2.24) is 15.5 Å². The fourth-order valence-electron chi connectivity index (χ4n) is 5.10. The molecule has 1 atom stereocenters. The molecule has 0 spiro atoms.